The van der Waals surface area contributed by atoms with Crippen LogP contribution >= 0.6 is 11.8 Å². The van der Waals surface area contributed by atoms with Crippen molar-refractivity contribution in [3.8, 4) is 0 Å². The molecule has 1 unspecified atom stereocenters. The van der Waals surface area contributed by atoms with Gasteiger partial charge in [-0.3, -0.25) is 0 Å². The van der Waals surface area contributed by atoms with Crippen LogP contribution in [0.25, 0.3) is 0 Å². The first-order chi connectivity index (χ1) is 6.66. The van der Waals surface area contributed by atoms with Crippen LogP contribution in [0.1, 0.15) is 20.3 Å². The normalized spacial score (nSPS) is 23.2. The van der Waals surface area contributed by atoms with Crippen LogP contribution in [0.3, 0.4) is 0 Å². The highest BCUT2D eigenvalue weighted by molar-refractivity contribution is 8.05. The molecule has 0 aromatic heterocycles. The van der Waals surface area contributed by atoms with Crippen LogP contribution in [-0.2, 0) is 20.7 Å². The van der Waals surface area contributed by atoms with Crippen molar-refractivity contribution in [2.24, 2.45) is 0 Å². The second kappa shape index (κ2) is 5.68. The molecule has 0 spiro atoms. The van der Waals surface area contributed by atoms with E-state index in [-0.39, 0.29) is 0 Å². The topological polar surface area (TPSA) is 49.4 Å². The number of rotatable bonds is 2. The quantitative estimate of drug-likeness (QED) is 0.538. The third-order valence-electron chi connectivity index (χ3n) is 1.80. The maximum absolute atomic E-state index is 11.7. The third kappa shape index (κ3) is 2.93. The predicted octanol–water partition coefficient (Wildman–Crippen LogP) is 1.67. The molecule has 0 radical (unpaired) electrons. The molecule has 1 atom stereocenters. The number of allylic oxidation sites excluding steroid dienone is 1. The number of carbonyl (C=O) groups is 1. The Hall–Kier alpha value is -0.130. The zero-order chi connectivity index (χ0) is 10.6. The van der Waals surface area contributed by atoms with Gasteiger partial charge in [-0.2, -0.15) is 0 Å². The van der Waals surface area contributed by atoms with E-state index < -0.39 is 17.1 Å². The SMILES string of the molecule is CCOC(=O)C1=C(C)SCCC[S+]1[O-]. The van der Waals surface area contributed by atoms with E-state index in [9.17, 15) is 9.35 Å². The van der Waals surface area contributed by atoms with Gasteiger partial charge in [-0.15, -0.1) is 11.8 Å². The molecule has 0 saturated heterocycles. The first kappa shape index (κ1) is 11.9. The summed E-state index contributed by atoms with van der Waals surface area (Å²) in [6, 6.07) is 0. The Morgan fingerprint density at radius 1 is 1.71 bits per heavy atom. The van der Waals surface area contributed by atoms with E-state index in [1.807, 2.05) is 6.92 Å². The Morgan fingerprint density at radius 2 is 2.43 bits per heavy atom. The van der Waals surface area contributed by atoms with Crippen LogP contribution in [0.2, 0.25) is 0 Å². The molecule has 0 fully saturated rings. The fourth-order valence-corrected chi connectivity index (χ4v) is 3.80. The minimum absolute atomic E-state index is 0.331. The first-order valence-corrected chi connectivity index (χ1v) is 6.86. The lowest BCUT2D eigenvalue weighted by molar-refractivity contribution is -0.137. The molecule has 5 heteroatoms. The van der Waals surface area contributed by atoms with Crippen molar-refractivity contribution in [1.29, 1.82) is 0 Å². The van der Waals surface area contributed by atoms with Gasteiger partial charge in [-0.25, -0.2) is 4.79 Å². The molecule has 1 aliphatic heterocycles. The summed E-state index contributed by atoms with van der Waals surface area (Å²) >= 11 is 0.418. The predicted molar refractivity (Wildman–Crippen MR) is 59.4 cm³/mol. The molecule has 14 heavy (non-hydrogen) atoms. The molecule has 80 valence electrons. The number of esters is 1. The van der Waals surface area contributed by atoms with Crippen LogP contribution in [0.4, 0.5) is 0 Å². The highest BCUT2D eigenvalue weighted by atomic mass is 32.2. The summed E-state index contributed by atoms with van der Waals surface area (Å²) in [5.74, 6) is 1.08. The Balaban J connectivity index is 2.82. The van der Waals surface area contributed by atoms with Crippen molar-refractivity contribution in [3.63, 3.8) is 0 Å². The smallest absolute Gasteiger partial charge is 0.387 e. The minimum atomic E-state index is -1.17. The molecule has 0 aliphatic carbocycles. The van der Waals surface area contributed by atoms with Gasteiger partial charge in [0.15, 0.2) is 0 Å². The summed E-state index contributed by atoms with van der Waals surface area (Å²) in [7, 11) is 0. The molecule has 0 amide bonds. The van der Waals surface area contributed by atoms with Gasteiger partial charge in [0, 0.05) is 17.1 Å². The molecule has 0 bridgehead atoms. The second-order valence-electron chi connectivity index (χ2n) is 2.86. The monoisotopic (exact) mass is 234 g/mol. The Morgan fingerprint density at radius 3 is 3.07 bits per heavy atom. The zero-order valence-corrected chi connectivity index (χ0v) is 10.0. The molecule has 0 aromatic carbocycles. The average molecular weight is 234 g/mol. The van der Waals surface area contributed by atoms with Crippen molar-refractivity contribution in [2.45, 2.75) is 20.3 Å². The number of ether oxygens (including phenoxy) is 1. The van der Waals surface area contributed by atoms with Gasteiger partial charge >= 0.3 is 5.97 Å². The highest BCUT2D eigenvalue weighted by Gasteiger charge is 2.29. The lowest BCUT2D eigenvalue weighted by Gasteiger charge is -2.11. The van der Waals surface area contributed by atoms with Crippen molar-refractivity contribution < 1.29 is 14.1 Å². The first-order valence-electron chi connectivity index (χ1n) is 4.56. The van der Waals surface area contributed by atoms with Gasteiger partial charge in [-0.05, 0) is 25.0 Å². The molecule has 0 saturated carbocycles. The van der Waals surface area contributed by atoms with Gasteiger partial charge in [0.2, 0.25) is 4.91 Å². The fraction of sp³-hybridized carbons (Fsp3) is 0.667. The number of carbonyl (C=O) groups excluding carboxylic acids is 1. The van der Waals surface area contributed by atoms with Crippen LogP contribution in [0, 0.1) is 0 Å². The van der Waals surface area contributed by atoms with Crippen molar-refractivity contribution in [1.82, 2.24) is 0 Å². The van der Waals surface area contributed by atoms with Crippen molar-refractivity contribution >= 4 is 28.9 Å². The van der Waals surface area contributed by atoms with Crippen molar-refractivity contribution in [2.75, 3.05) is 18.1 Å². The van der Waals surface area contributed by atoms with E-state index >= 15 is 0 Å². The summed E-state index contributed by atoms with van der Waals surface area (Å²) in [6.07, 6.45) is 0.886. The lowest BCUT2D eigenvalue weighted by atomic mass is 10.5. The summed E-state index contributed by atoms with van der Waals surface area (Å²) in [5, 5.41) is 0. The molecule has 0 N–H and O–H groups in total. The largest absolute Gasteiger partial charge is 0.611 e. The van der Waals surface area contributed by atoms with E-state index in [0.717, 1.165) is 17.1 Å². The Labute approximate surface area is 91.5 Å². The number of hydrogen-bond acceptors (Lipinski definition) is 4. The van der Waals surface area contributed by atoms with E-state index in [4.69, 9.17) is 4.74 Å². The Kier molecular flexibility index (Phi) is 4.84. The summed E-state index contributed by atoms with van der Waals surface area (Å²) in [6.45, 7) is 3.91. The van der Waals surface area contributed by atoms with Crippen LogP contribution < -0.4 is 0 Å². The van der Waals surface area contributed by atoms with E-state index in [1.165, 1.54) is 0 Å². The van der Waals surface area contributed by atoms with Gasteiger partial charge in [0.1, 0.15) is 5.75 Å². The van der Waals surface area contributed by atoms with Crippen molar-refractivity contribution in [3.05, 3.63) is 9.81 Å². The molecule has 1 rings (SSSR count). The van der Waals surface area contributed by atoms with Crippen LogP contribution in [0.5, 0.6) is 0 Å². The van der Waals surface area contributed by atoms with Crippen LogP contribution in [0.15, 0.2) is 9.81 Å². The second-order valence-corrected chi connectivity index (χ2v) is 5.67. The highest BCUT2D eigenvalue weighted by Crippen LogP contribution is 2.29. The summed E-state index contributed by atoms with van der Waals surface area (Å²) in [5.41, 5.74) is 0. The van der Waals surface area contributed by atoms with E-state index in [2.05, 4.69) is 0 Å². The molecule has 1 aliphatic rings. The number of hydrogen-bond donors (Lipinski definition) is 0. The lowest BCUT2D eigenvalue weighted by Crippen LogP contribution is -2.19. The van der Waals surface area contributed by atoms with Gasteiger partial charge < -0.3 is 9.29 Å². The number of thioether (sulfide) groups is 1. The average Bonchev–Trinajstić information content (AvgIpc) is 2.28. The molecule has 3 nitrogen and oxygen atoms in total. The third-order valence-corrected chi connectivity index (χ3v) is 4.65. The van der Waals surface area contributed by atoms with Gasteiger partial charge in [0.05, 0.1) is 6.61 Å². The molecular weight excluding hydrogens is 220 g/mol. The zero-order valence-electron chi connectivity index (χ0n) is 8.37. The van der Waals surface area contributed by atoms with E-state index in [1.54, 1.807) is 18.7 Å². The van der Waals surface area contributed by atoms with Crippen LogP contribution in [-0.4, -0.2) is 28.6 Å². The summed E-state index contributed by atoms with van der Waals surface area (Å²) in [4.78, 5) is 12.7. The molecule has 1 heterocycles. The van der Waals surface area contributed by atoms with E-state index in [0.29, 0.717) is 17.3 Å². The maximum atomic E-state index is 11.7. The van der Waals surface area contributed by atoms with Gasteiger partial charge in [0.25, 0.3) is 0 Å². The maximum Gasteiger partial charge on any atom is 0.387 e. The summed E-state index contributed by atoms with van der Waals surface area (Å²) < 4.78 is 16.6. The standard InChI is InChI=1S/C9H14O3S2/c1-3-12-9(10)8-7(2)13-5-4-6-14(8)11/h3-6H2,1-2H3. The molecule has 0 aromatic rings. The Bertz CT molecular complexity index is 250. The minimum Gasteiger partial charge on any atom is -0.611 e. The van der Waals surface area contributed by atoms with Gasteiger partial charge in [-0.1, -0.05) is 0 Å². The molecular formula is C9H14O3S2. The fourth-order valence-electron chi connectivity index (χ4n) is 1.18.